The average Bonchev–Trinajstić information content (AvgIpc) is 2.84. The van der Waals surface area contributed by atoms with Crippen LogP contribution < -0.4 is 5.32 Å². The highest BCUT2D eigenvalue weighted by molar-refractivity contribution is 6.21. The van der Waals surface area contributed by atoms with Gasteiger partial charge >= 0.3 is 0 Å². The third kappa shape index (κ3) is 2.99. The molecule has 0 bridgehead atoms. The van der Waals surface area contributed by atoms with Crippen LogP contribution in [0.4, 0.5) is 0 Å². The van der Waals surface area contributed by atoms with Crippen LogP contribution >= 0.6 is 0 Å². The van der Waals surface area contributed by atoms with Crippen LogP contribution in [0.25, 0.3) is 0 Å². The summed E-state index contributed by atoms with van der Waals surface area (Å²) in [6.45, 7) is 1.93. The number of hydrogen-bond acceptors (Lipinski definition) is 4. The number of imide groups is 1. The summed E-state index contributed by atoms with van der Waals surface area (Å²) in [5.74, 6) is -0.643. The fraction of sp³-hybridized carbons (Fsp3) is 0.471. The number of nitrogens with one attached hydrogen (secondary N) is 1. The number of nitrogens with zero attached hydrogens (tertiary/aromatic N) is 2. The molecule has 2 aliphatic heterocycles. The lowest BCUT2D eigenvalue weighted by atomic mass is 10.1. The molecule has 6 heteroatoms. The molecular weight excluding hydrogens is 294 g/mol. The van der Waals surface area contributed by atoms with Gasteiger partial charge in [-0.15, -0.1) is 0 Å². The summed E-state index contributed by atoms with van der Waals surface area (Å²) in [5.41, 5.74) is 0.851. The minimum absolute atomic E-state index is 0.0322. The quantitative estimate of drug-likeness (QED) is 0.838. The lowest BCUT2D eigenvalue weighted by molar-refractivity contribution is -0.132. The number of piperidine rings is 1. The van der Waals surface area contributed by atoms with Crippen molar-refractivity contribution in [3.05, 3.63) is 35.4 Å². The maximum atomic E-state index is 12.3. The summed E-state index contributed by atoms with van der Waals surface area (Å²) >= 11 is 0. The lowest BCUT2D eigenvalue weighted by Gasteiger charge is -2.32. The molecule has 1 atom stereocenters. The number of amides is 3. The van der Waals surface area contributed by atoms with E-state index in [1.807, 2.05) is 0 Å². The highest BCUT2D eigenvalue weighted by atomic mass is 16.2. The van der Waals surface area contributed by atoms with Gasteiger partial charge in [0.25, 0.3) is 11.8 Å². The first-order valence-corrected chi connectivity index (χ1v) is 8.01. The van der Waals surface area contributed by atoms with Gasteiger partial charge in [0.15, 0.2) is 0 Å². The van der Waals surface area contributed by atoms with Crippen molar-refractivity contribution in [2.75, 3.05) is 26.7 Å². The molecule has 23 heavy (non-hydrogen) atoms. The molecule has 0 aliphatic carbocycles. The molecule has 1 aromatic carbocycles. The van der Waals surface area contributed by atoms with Gasteiger partial charge in [0.05, 0.1) is 11.1 Å². The Hall–Kier alpha value is -2.21. The second kappa shape index (κ2) is 6.50. The number of benzene rings is 1. The molecule has 6 nitrogen and oxygen atoms in total. The van der Waals surface area contributed by atoms with Crippen LogP contribution in [0.15, 0.2) is 24.3 Å². The number of rotatable bonds is 4. The van der Waals surface area contributed by atoms with Crippen molar-refractivity contribution < 1.29 is 14.4 Å². The van der Waals surface area contributed by atoms with Crippen LogP contribution in [0.3, 0.4) is 0 Å². The van der Waals surface area contributed by atoms with Crippen molar-refractivity contribution in [3.8, 4) is 0 Å². The Morgan fingerprint density at radius 1 is 1.26 bits per heavy atom. The summed E-state index contributed by atoms with van der Waals surface area (Å²) in [5, 5.41) is 3.28. The molecule has 1 aromatic rings. The van der Waals surface area contributed by atoms with Gasteiger partial charge in [-0.25, -0.2) is 0 Å². The van der Waals surface area contributed by atoms with Gasteiger partial charge in [0.1, 0.15) is 0 Å². The van der Waals surface area contributed by atoms with Crippen molar-refractivity contribution >= 4 is 17.7 Å². The number of carbonyl (C=O) groups is 3. The zero-order valence-corrected chi connectivity index (χ0v) is 13.2. The molecule has 0 saturated carbocycles. The highest BCUT2D eigenvalue weighted by Crippen LogP contribution is 2.22. The Balaban J connectivity index is 1.59. The fourth-order valence-electron chi connectivity index (χ4n) is 3.19. The molecule has 0 spiro atoms. The van der Waals surface area contributed by atoms with Gasteiger partial charge in [-0.2, -0.15) is 0 Å². The Morgan fingerprint density at radius 3 is 2.48 bits per heavy atom. The van der Waals surface area contributed by atoms with E-state index in [0.29, 0.717) is 11.1 Å². The molecular formula is C17H21N3O3. The first kappa shape index (κ1) is 15.7. The van der Waals surface area contributed by atoms with E-state index in [4.69, 9.17) is 0 Å². The van der Waals surface area contributed by atoms with Crippen molar-refractivity contribution in [1.82, 2.24) is 15.1 Å². The predicted molar refractivity (Wildman–Crippen MR) is 85.1 cm³/mol. The van der Waals surface area contributed by atoms with Crippen LogP contribution in [-0.2, 0) is 4.79 Å². The maximum absolute atomic E-state index is 12.3. The first-order valence-electron chi connectivity index (χ1n) is 8.01. The number of carbonyl (C=O) groups excluding carboxylic acids is 3. The summed E-state index contributed by atoms with van der Waals surface area (Å²) in [6.07, 6.45) is 2.21. The Morgan fingerprint density at radius 2 is 1.91 bits per heavy atom. The third-order valence-corrected chi connectivity index (χ3v) is 4.64. The second-order valence-corrected chi connectivity index (χ2v) is 6.06. The standard InChI is InChI=1S/C17H21N3O3/c1-19(12-5-4-9-18-11-12)15(21)8-10-20-16(22)13-6-2-3-7-14(13)17(20)23/h2-3,6-7,12,18H,4-5,8-11H2,1H3. The van der Waals surface area contributed by atoms with Gasteiger partial charge in [-0.3, -0.25) is 19.3 Å². The van der Waals surface area contributed by atoms with Gasteiger partial charge in [-0.05, 0) is 31.5 Å². The van der Waals surface area contributed by atoms with Crippen LogP contribution in [0.2, 0.25) is 0 Å². The maximum Gasteiger partial charge on any atom is 0.261 e. The van der Waals surface area contributed by atoms with Crippen LogP contribution in [0.1, 0.15) is 40.0 Å². The molecule has 1 N–H and O–H groups in total. The molecule has 1 unspecified atom stereocenters. The number of hydrogen-bond donors (Lipinski definition) is 1. The molecule has 3 amide bonds. The van der Waals surface area contributed by atoms with Crippen molar-refractivity contribution in [2.24, 2.45) is 0 Å². The van der Waals surface area contributed by atoms with Crippen molar-refractivity contribution in [1.29, 1.82) is 0 Å². The monoisotopic (exact) mass is 315 g/mol. The fourth-order valence-corrected chi connectivity index (χ4v) is 3.19. The molecule has 0 aromatic heterocycles. The molecule has 2 aliphatic rings. The Bertz CT molecular complexity index is 603. The summed E-state index contributed by atoms with van der Waals surface area (Å²) < 4.78 is 0. The van der Waals surface area contributed by atoms with Crippen LogP contribution in [-0.4, -0.2) is 60.2 Å². The van der Waals surface area contributed by atoms with Gasteiger partial charge in [0.2, 0.25) is 5.91 Å². The Kier molecular flexibility index (Phi) is 4.43. The van der Waals surface area contributed by atoms with Crippen molar-refractivity contribution in [3.63, 3.8) is 0 Å². The normalized spacial score (nSPS) is 20.6. The third-order valence-electron chi connectivity index (χ3n) is 4.64. The lowest BCUT2D eigenvalue weighted by Crippen LogP contribution is -2.47. The van der Waals surface area contributed by atoms with Crippen LogP contribution in [0.5, 0.6) is 0 Å². The zero-order chi connectivity index (χ0) is 16.4. The van der Waals surface area contributed by atoms with E-state index < -0.39 is 0 Å². The second-order valence-electron chi connectivity index (χ2n) is 6.06. The average molecular weight is 315 g/mol. The van der Waals surface area contributed by atoms with E-state index >= 15 is 0 Å². The van der Waals surface area contributed by atoms with Gasteiger partial charge in [-0.1, -0.05) is 12.1 Å². The molecule has 0 radical (unpaired) electrons. The van der Waals surface area contributed by atoms with Crippen LogP contribution in [0, 0.1) is 0 Å². The minimum atomic E-state index is -0.305. The van der Waals surface area contributed by atoms with E-state index in [9.17, 15) is 14.4 Å². The van der Waals surface area contributed by atoms with E-state index in [1.54, 1.807) is 36.2 Å². The first-order chi connectivity index (χ1) is 11.1. The highest BCUT2D eigenvalue weighted by Gasteiger charge is 2.35. The molecule has 1 fully saturated rings. The smallest absolute Gasteiger partial charge is 0.261 e. The van der Waals surface area contributed by atoms with E-state index in [0.717, 1.165) is 25.9 Å². The zero-order valence-electron chi connectivity index (χ0n) is 13.2. The molecule has 122 valence electrons. The van der Waals surface area contributed by atoms with E-state index in [2.05, 4.69) is 5.32 Å². The largest absolute Gasteiger partial charge is 0.341 e. The SMILES string of the molecule is CN(C(=O)CCN1C(=O)c2ccccc2C1=O)C1CCCNC1. The summed E-state index contributed by atoms with van der Waals surface area (Å²) in [4.78, 5) is 39.8. The molecule has 1 saturated heterocycles. The van der Waals surface area contributed by atoms with E-state index in [-0.39, 0.29) is 36.7 Å². The number of fused-ring (bicyclic) bond motifs is 1. The molecule has 3 rings (SSSR count). The Labute approximate surface area is 135 Å². The van der Waals surface area contributed by atoms with Crippen molar-refractivity contribution in [2.45, 2.75) is 25.3 Å². The van der Waals surface area contributed by atoms with Gasteiger partial charge in [0, 0.05) is 32.6 Å². The molecule has 2 heterocycles. The van der Waals surface area contributed by atoms with Gasteiger partial charge < -0.3 is 10.2 Å². The number of likely N-dealkylation sites (N-methyl/N-ethyl adjacent to an activating group) is 1. The minimum Gasteiger partial charge on any atom is -0.341 e. The topological polar surface area (TPSA) is 69.7 Å². The summed E-state index contributed by atoms with van der Waals surface area (Å²) in [6, 6.07) is 6.97. The van der Waals surface area contributed by atoms with E-state index in [1.165, 1.54) is 4.90 Å². The predicted octanol–water partition coefficient (Wildman–Crippen LogP) is 0.883. The summed E-state index contributed by atoms with van der Waals surface area (Å²) in [7, 11) is 1.79.